The first kappa shape index (κ1) is 57.9. The monoisotopic (exact) mass is 1030 g/mol. The second-order valence-electron chi connectivity index (χ2n) is 18.2. The van der Waals surface area contributed by atoms with Crippen molar-refractivity contribution in [3.63, 3.8) is 0 Å². The number of rotatable bonds is 25. The first-order valence-electron chi connectivity index (χ1n) is 26.3. The third kappa shape index (κ3) is 14.5. The number of methoxy groups -OCH3 is 5. The lowest BCUT2D eigenvalue weighted by Gasteiger charge is -2.28. The topological polar surface area (TPSA) is 60.8 Å². The Labute approximate surface area is 458 Å². The second kappa shape index (κ2) is 29.0. The SMILES string of the molecule is C=CC/C(=C(C)\C=C(/C)N(C1=CCC=C(OC)C=C1)C(/C=C\C)=C/C=C(\C)OC)n1c2c(c3cc(N(C(/C=C\C)=C/CC)c4ccc(OC)cc4)ccc31)=CC(N(/C=C/C=CC(C=C)OC)c1ccc(OC)cc1)=CCC=2. The molecule has 1 unspecified atom stereocenters. The van der Waals surface area contributed by atoms with Gasteiger partial charge in [-0.2, -0.15) is 0 Å². The van der Waals surface area contributed by atoms with E-state index in [9.17, 15) is 0 Å². The van der Waals surface area contributed by atoms with Gasteiger partial charge in [0, 0.05) is 81.6 Å². The summed E-state index contributed by atoms with van der Waals surface area (Å²) in [5, 5.41) is 3.27. The number of nitrogens with zero attached hydrogens (tertiary/aromatic N) is 4. The van der Waals surface area contributed by atoms with Crippen molar-refractivity contribution in [2.24, 2.45) is 0 Å². The molecule has 1 heterocycles. The minimum absolute atomic E-state index is 0.211. The number of benzene rings is 3. The van der Waals surface area contributed by atoms with E-state index in [0.29, 0.717) is 19.3 Å². The number of anilines is 3. The molecule has 0 saturated carbocycles. The van der Waals surface area contributed by atoms with Crippen molar-refractivity contribution in [3.8, 4) is 11.5 Å². The van der Waals surface area contributed by atoms with Crippen LogP contribution in [0.4, 0.5) is 17.1 Å². The number of aromatic nitrogens is 1. The molecule has 2 aliphatic carbocycles. The Hall–Kier alpha value is -8.40. The minimum Gasteiger partial charge on any atom is -0.501 e. The summed E-state index contributed by atoms with van der Waals surface area (Å²) in [4.78, 5) is 6.84. The van der Waals surface area contributed by atoms with E-state index >= 15 is 0 Å². The van der Waals surface area contributed by atoms with Crippen LogP contribution in [0.5, 0.6) is 11.5 Å². The van der Waals surface area contributed by atoms with Gasteiger partial charge in [0.05, 0.1) is 51.2 Å². The zero-order chi connectivity index (χ0) is 55.3. The normalized spacial score (nSPS) is 15.2. The molecular formula is C68H78N4O5. The van der Waals surface area contributed by atoms with Crippen LogP contribution in [-0.2, 0) is 14.2 Å². The largest absolute Gasteiger partial charge is 0.501 e. The van der Waals surface area contributed by atoms with Crippen LogP contribution in [0.1, 0.15) is 67.2 Å². The van der Waals surface area contributed by atoms with E-state index in [1.165, 1.54) is 0 Å². The molecule has 9 heteroatoms. The summed E-state index contributed by atoms with van der Waals surface area (Å²) >= 11 is 0. The van der Waals surface area contributed by atoms with Gasteiger partial charge in [0.2, 0.25) is 0 Å². The van der Waals surface area contributed by atoms with Crippen molar-refractivity contribution in [1.82, 2.24) is 9.47 Å². The Bertz CT molecular complexity index is 3270. The van der Waals surface area contributed by atoms with Crippen LogP contribution in [-0.4, -0.2) is 51.1 Å². The van der Waals surface area contributed by atoms with E-state index in [0.717, 1.165) is 108 Å². The molecule has 400 valence electrons. The van der Waals surface area contributed by atoms with Crippen molar-refractivity contribution < 1.29 is 23.7 Å². The van der Waals surface area contributed by atoms with Crippen LogP contribution >= 0.6 is 0 Å². The van der Waals surface area contributed by atoms with Crippen LogP contribution < -0.4 is 29.8 Å². The van der Waals surface area contributed by atoms with Crippen LogP contribution in [0.15, 0.2) is 241 Å². The van der Waals surface area contributed by atoms with Crippen molar-refractivity contribution in [2.75, 3.05) is 45.3 Å². The van der Waals surface area contributed by atoms with Gasteiger partial charge in [-0.1, -0.05) is 67.7 Å². The van der Waals surface area contributed by atoms with Gasteiger partial charge in [-0.3, -0.25) is 0 Å². The summed E-state index contributed by atoms with van der Waals surface area (Å²) in [6.45, 7) is 20.9. The third-order valence-electron chi connectivity index (χ3n) is 13.1. The van der Waals surface area contributed by atoms with E-state index in [4.69, 9.17) is 23.7 Å². The molecule has 3 aromatic carbocycles. The maximum atomic E-state index is 5.68. The molecule has 9 nitrogen and oxygen atoms in total. The highest BCUT2D eigenvalue weighted by atomic mass is 16.5. The van der Waals surface area contributed by atoms with Crippen molar-refractivity contribution in [2.45, 2.75) is 73.3 Å². The lowest BCUT2D eigenvalue weighted by Crippen LogP contribution is -2.29. The maximum Gasteiger partial charge on any atom is 0.119 e. The third-order valence-corrected chi connectivity index (χ3v) is 13.1. The van der Waals surface area contributed by atoms with Gasteiger partial charge in [-0.15, -0.1) is 13.2 Å². The fourth-order valence-electron chi connectivity index (χ4n) is 9.34. The summed E-state index contributed by atoms with van der Waals surface area (Å²) in [7, 11) is 8.47. The molecule has 1 aromatic heterocycles. The molecule has 0 radical (unpaired) electrons. The molecule has 6 rings (SSSR count). The molecule has 4 aromatic rings. The molecule has 0 amide bonds. The van der Waals surface area contributed by atoms with Crippen LogP contribution in [0.25, 0.3) is 28.8 Å². The summed E-state index contributed by atoms with van der Waals surface area (Å²) in [6, 6.07) is 23.3. The molecule has 0 aliphatic heterocycles. The van der Waals surface area contributed by atoms with Crippen molar-refractivity contribution in [3.05, 3.63) is 252 Å². The summed E-state index contributed by atoms with van der Waals surface area (Å²) in [5.41, 5.74) is 11.4. The predicted octanol–water partition coefficient (Wildman–Crippen LogP) is 15.7. The Kier molecular flexibility index (Phi) is 21.8. The lowest BCUT2D eigenvalue weighted by atomic mass is 10.1. The highest BCUT2D eigenvalue weighted by molar-refractivity contribution is 5.92. The number of ether oxygens (including phenoxy) is 5. The highest BCUT2D eigenvalue weighted by Gasteiger charge is 2.21. The van der Waals surface area contributed by atoms with E-state index in [-0.39, 0.29) is 6.10 Å². The average molecular weight is 1030 g/mol. The van der Waals surface area contributed by atoms with Gasteiger partial charge in [0.15, 0.2) is 0 Å². The average Bonchev–Trinajstić information content (AvgIpc) is 3.70. The summed E-state index contributed by atoms with van der Waals surface area (Å²) < 4.78 is 30.5. The number of hydrogen-bond donors (Lipinski definition) is 0. The fraction of sp³-hybridized carbons (Fsp3) is 0.235. The molecule has 0 fully saturated rings. The number of allylic oxidation sites excluding steroid dienone is 21. The fourth-order valence-corrected chi connectivity index (χ4v) is 9.34. The molecule has 77 heavy (non-hydrogen) atoms. The maximum absolute atomic E-state index is 5.68. The standard InChI is InChI=1S/C68H78N4O5/c1-14-23-54(24-15-2)71(57-37-43-63(77-13)44-38-57)59-39-45-68-65(49-59)64-48-58(69(46-20-19-29-60(18-5)74-10)53-34-40-62(76-12)41-35-53)28-22-31-67(64)72(68)66(26-17-4)50(6)47-51(7)70(55(25-16-3)33-32-52(8)73-9)56-27-21-30-61(75-11)42-36-56/h14,16-20,23-25,27-49,60H,4-5,15,21-22,26H2,1-3,6-13H3/b23-14-,25-16-,29-19?,46-20+,51-47+,52-32+,54-24+,55-33+,66-50+. The van der Waals surface area contributed by atoms with Gasteiger partial charge < -0.3 is 43.0 Å². The lowest BCUT2D eigenvalue weighted by molar-refractivity contribution is 0.178. The van der Waals surface area contributed by atoms with Gasteiger partial charge in [0.25, 0.3) is 0 Å². The molecule has 0 bridgehead atoms. The first-order valence-corrected chi connectivity index (χ1v) is 26.3. The number of fused-ring (bicyclic) bond motifs is 3. The van der Waals surface area contributed by atoms with Crippen molar-refractivity contribution in [1.29, 1.82) is 0 Å². The predicted molar refractivity (Wildman–Crippen MR) is 326 cm³/mol. The van der Waals surface area contributed by atoms with Crippen LogP contribution in [0.3, 0.4) is 0 Å². The van der Waals surface area contributed by atoms with E-state index in [1.54, 1.807) is 41.6 Å². The molecule has 2 aliphatic rings. The molecule has 0 N–H and O–H groups in total. The second-order valence-corrected chi connectivity index (χ2v) is 18.2. The van der Waals surface area contributed by atoms with Gasteiger partial charge in [-0.25, -0.2) is 0 Å². The minimum atomic E-state index is -0.211. The van der Waals surface area contributed by atoms with Gasteiger partial charge in [-0.05, 0) is 187 Å². The van der Waals surface area contributed by atoms with E-state index < -0.39 is 0 Å². The molecule has 0 saturated heterocycles. The van der Waals surface area contributed by atoms with Gasteiger partial charge in [0.1, 0.15) is 17.3 Å². The Morgan fingerprint density at radius 1 is 0.727 bits per heavy atom. The molecule has 0 spiro atoms. The zero-order valence-corrected chi connectivity index (χ0v) is 47.1. The van der Waals surface area contributed by atoms with Crippen LogP contribution in [0, 0.1) is 0 Å². The number of hydrogen-bond acceptors (Lipinski definition) is 8. The highest BCUT2D eigenvalue weighted by Crippen LogP contribution is 2.36. The Balaban J connectivity index is 1.70. The zero-order valence-electron chi connectivity index (χ0n) is 47.1. The quantitative estimate of drug-likeness (QED) is 0.0370. The summed E-state index contributed by atoms with van der Waals surface area (Å²) in [6.07, 6.45) is 47.0. The summed E-state index contributed by atoms with van der Waals surface area (Å²) in [5.74, 6) is 3.20. The Morgan fingerprint density at radius 2 is 1.39 bits per heavy atom. The molecular weight excluding hydrogens is 953 g/mol. The van der Waals surface area contributed by atoms with Gasteiger partial charge >= 0.3 is 0 Å². The van der Waals surface area contributed by atoms with E-state index in [1.807, 2.05) is 74.6 Å². The van der Waals surface area contributed by atoms with E-state index in [2.05, 4.69) is 188 Å². The van der Waals surface area contributed by atoms with Crippen LogP contribution in [0.2, 0.25) is 0 Å². The first-order chi connectivity index (χ1) is 37.5. The van der Waals surface area contributed by atoms with Crippen molar-refractivity contribution >= 4 is 45.8 Å². The molecule has 1 atom stereocenters. The smallest absolute Gasteiger partial charge is 0.119 e. The Morgan fingerprint density at radius 3 is 2.01 bits per heavy atom.